The highest BCUT2D eigenvalue weighted by Gasteiger charge is 2.30. The summed E-state index contributed by atoms with van der Waals surface area (Å²) in [5, 5.41) is 19.6. The molecule has 3 N–H and O–H groups in total. The number of aromatic hydroxyl groups is 1. The van der Waals surface area contributed by atoms with Crippen molar-refractivity contribution in [1.82, 2.24) is 4.72 Å². The maximum absolute atomic E-state index is 12.5. The molecule has 1 aliphatic rings. The highest BCUT2D eigenvalue weighted by atomic mass is 32.2. The van der Waals surface area contributed by atoms with Crippen molar-refractivity contribution >= 4 is 21.7 Å². The first-order valence-corrected chi connectivity index (χ1v) is 9.43. The molecule has 0 fully saturated rings. The van der Waals surface area contributed by atoms with Crippen LogP contribution < -0.4 is 9.03 Å². The van der Waals surface area contributed by atoms with Crippen LogP contribution >= 0.6 is 0 Å². The first-order chi connectivity index (χ1) is 12.8. The monoisotopic (exact) mass is 390 g/mol. The lowest BCUT2D eigenvalue weighted by atomic mass is 9.99. The number of benzene rings is 2. The number of anilines is 1. The SMILES string of the molecule is COC(Cc1ccc(N2C=C(O)NS2(=O)=O)c(O)c1)C(=O)c1ccccc1. The van der Waals surface area contributed by atoms with E-state index in [1.165, 1.54) is 19.2 Å². The average molecular weight is 390 g/mol. The molecule has 8 nitrogen and oxygen atoms in total. The van der Waals surface area contributed by atoms with E-state index in [-0.39, 0.29) is 23.6 Å². The van der Waals surface area contributed by atoms with Crippen LogP contribution in [0.3, 0.4) is 0 Å². The highest BCUT2D eigenvalue weighted by molar-refractivity contribution is 7.91. The molecule has 1 heterocycles. The number of rotatable bonds is 6. The van der Waals surface area contributed by atoms with E-state index in [0.717, 1.165) is 10.5 Å². The van der Waals surface area contributed by atoms with E-state index in [9.17, 15) is 23.4 Å². The zero-order valence-corrected chi connectivity index (χ0v) is 15.2. The highest BCUT2D eigenvalue weighted by Crippen LogP contribution is 2.33. The van der Waals surface area contributed by atoms with Crippen molar-refractivity contribution in [2.75, 3.05) is 11.4 Å². The molecule has 0 saturated heterocycles. The Morgan fingerprint density at radius 1 is 1.19 bits per heavy atom. The van der Waals surface area contributed by atoms with E-state index in [1.54, 1.807) is 30.3 Å². The van der Waals surface area contributed by atoms with Gasteiger partial charge in [-0.15, -0.1) is 0 Å². The van der Waals surface area contributed by atoms with Crippen LogP contribution in [-0.2, 0) is 21.4 Å². The lowest BCUT2D eigenvalue weighted by Crippen LogP contribution is -2.29. The summed E-state index contributed by atoms with van der Waals surface area (Å²) in [4.78, 5) is 12.5. The summed E-state index contributed by atoms with van der Waals surface area (Å²) in [6.45, 7) is 0. The first-order valence-electron chi connectivity index (χ1n) is 7.98. The number of phenolic OH excluding ortho intramolecular Hbond substituents is 1. The molecule has 0 bridgehead atoms. The molecule has 0 saturated carbocycles. The minimum absolute atomic E-state index is 0.0290. The van der Waals surface area contributed by atoms with Crippen molar-refractivity contribution < 1.29 is 28.2 Å². The molecule has 2 aromatic rings. The van der Waals surface area contributed by atoms with Crippen molar-refractivity contribution in [1.29, 1.82) is 0 Å². The molecule has 9 heteroatoms. The van der Waals surface area contributed by atoms with Gasteiger partial charge < -0.3 is 14.9 Å². The Kier molecular flexibility index (Phi) is 5.06. The number of carbonyl (C=O) groups excluding carboxylic acids is 1. The van der Waals surface area contributed by atoms with Crippen LogP contribution in [0, 0.1) is 0 Å². The largest absolute Gasteiger partial charge is 0.506 e. The van der Waals surface area contributed by atoms with Crippen molar-refractivity contribution in [2.45, 2.75) is 12.5 Å². The summed E-state index contributed by atoms with van der Waals surface area (Å²) < 4.78 is 31.7. The Morgan fingerprint density at radius 3 is 2.44 bits per heavy atom. The van der Waals surface area contributed by atoms with Gasteiger partial charge in [0.1, 0.15) is 17.5 Å². The number of carbonyl (C=O) groups is 1. The van der Waals surface area contributed by atoms with Crippen LogP contribution in [0.4, 0.5) is 5.69 Å². The Bertz CT molecular complexity index is 988. The quantitative estimate of drug-likeness (QED) is 0.648. The van der Waals surface area contributed by atoms with Gasteiger partial charge in [0.25, 0.3) is 0 Å². The third-order valence-corrected chi connectivity index (χ3v) is 5.35. The van der Waals surface area contributed by atoms with Crippen molar-refractivity contribution in [3.8, 4) is 5.75 Å². The Labute approximate surface area is 156 Å². The Morgan fingerprint density at radius 2 is 1.89 bits per heavy atom. The molecule has 27 heavy (non-hydrogen) atoms. The molecule has 142 valence electrons. The summed E-state index contributed by atoms with van der Waals surface area (Å²) >= 11 is 0. The molecule has 0 aliphatic carbocycles. The predicted molar refractivity (Wildman–Crippen MR) is 98.6 cm³/mol. The number of hydrogen-bond donors (Lipinski definition) is 3. The van der Waals surface area contributed by atoms with E-state index in [0.29, 0.717) is 11.1 Å². The predicted octanol–water partition coefficient (Wildman–Crippen LogP) is 1.84. The minimum Gasteiger partial charge on any atom is -0.506 e. The number of Topliss-reactive ketones (excluding diaryl/α,β-unsaturated/α-hetero) is 1. The lowest BCUT2D eigenvalue weighted by Gasteiger charge is -2.18. The number of nitrogens with zero attached hydrogens (tertiary/aromatic N) is 1. The average Bonchev–Trinajstić information content (AvgIpc) is 2.92. The number of nitrogens with one attached hydrogen (secondary N) is 1. The Balaban J connectivity index is 1.82. The van der Waals surface area contributed by atoms with E-state index in [1.807, 2.05) is 10.8 Å². The number of phenols is 1. The van der Waals surface area contributed by atoms with Gasteiger partial charge in [0.15, 0.2) is 5.78 Å². The van der Waals surface area contributed by atoms with Gasteiger partial charge in [0.05, 0.1) is 6.20 Å². The zero-order valence-electron chi connectivity index (χ0n) is 14.4. The second kappa shape index (κ2) is 7.29. The van der Waals surface area contributed by atoms with Crippen LogP contribution in [-0.4, -0.2) is 37.6 Å². The standard InChI is InChI=1S/C18H18N2O6S/c1-26-16(18(23)13-5-3-2-4-6-13)10-12-7-8-14(15(21)9-12)20-11-17(22)19-27(20,24)25/h2-9,11,16,19,21-22H,10H2,1H3. The van der Waals surface area contributed by atoms with Crippen molar-refractivity contribution in [2.24, 2.45) is 0 Å². The van der Waals surface area contributed by atoms with Crippen LogP contribution in [0.5, 0.6) is 5.75 Å². The smallest absolute Gasteiger partial charge is 0.330 e. The van der Waals surface area contributed by atoms with E-state index >= 15 is 0 Å². The summed E-state index contributed by atoms with van der Waals surface area (Å²) in [5.41, 5.74) is 1.07. The fraction of sp³-hybridized carbons (Fsp3) is 0.167. The fourth-order valence-electron chi connectivity index (χ4n) is 2.75. The zero-order chi connectivity index (χ0) is 19.6. The fourth-order valence-corrected chi connectivity index (χ4v) is 3.82. The molecule has 3 rings (SSSR count). The summed E-state index contributed by atoms with van der Waals surface area (Å²) in [5.74, 6) is -1.06. The third-order valence-electron chi connectivity index (χ3n) is 4.07. The second-order valence-corrected chi connectivity index (χ2v) is 7.45. The molecule has 1 atom stereocenters. The molecular formula is C18H18N2O6S. The molecular weight excluding hydrogens is 372 g/mol. The van der Waals surface area contributed by atoms with E-state index in [2.05, 4.69) is 0 Å². The third kappa shape index (κ3) is 3.88. The van der Waals surface area contributed by atoms with Gasteiger partial charge >= 0.3 is 10.2 Å². The van der Waals surface area contributed by atoms with Gasteiger partial charge in [0.2, 0.25) is 5.88 Å². The van der Waals surface area contributed by atoms with Gasteiger partial charge in [-0.3, -0.25) is 4.79 Å². The molecule has 0 amide bonds. The summed E-state index contributed by atoms with van der Waals surface area (Å²) in [6, 6.07) is 13.0. The molecule has 0 aromatic heterocycles. The topological polar surface area (TPSA) is 116 Å². The summed E-state index contributed by atoms with van der Waals surface area (Å²) in [6.07, 6.45) is 0.393. The van der Waals surface area contributed by atoms with Gasteiger partial charge in [-0.2, -0.15) is 8.42 Å². The number of methoxy groups -OCH3 is 1. The van der Waals surface area contributed by atoms with Crippen LogP contribution in [0.15, 0.2) is 60.6 Å². The number of hydrogen-bond acceptors (Lipinski definition) is 6. The number of aliphatic hydroxyl groups excluding tert-OH is 1. The molecule has 0 spiro atoms. The Hall–Kier alpha value is -3.04. The van der Waals surface area contributed by atoms with Gasteiger partial charge in [-0.1, -0.05) is 36.4 Å². The van der Waals surface area contributed by atoms with Crippen LogP contribution in [0.1, 0.15) is 15.9 Å². The minimum atomic E-state index is -4.00. The van der Waals surface area contributed by atoms with Gasteiger partial charge in [-0.05, 0) is 17.7 Å². The van der Waals surface area contributed by atoms with Gasteiger partial charge in [0, 0.05) is 19.1 Å². The molecule has 1 unspecified atom stereocenters. The second-order valence-electron chi connectivity index (χ2n) is 5.90. The molecule has 1 aliphatic heterocycles. The van der Waals surface area contributed by atoms with Crippen LogP contribution in [0.2, 0.25) is 0 Å². The maximum atomic E-state index is 12.5. The number of ketones is 1. The summed E-state index contributed by atoms with van der Waals surface area (Å²) in [7, 11) is -2.57. The van der Waals surface area contributed by atoms with Crippen LogP contribution in [0.25, 0.3) is 0 Å². The van der Waals surface area contributed by atoms with Crippen molar-refractivity contribution in [3.63, 3.8) is 0 Å². The first kappa shape index (κ1) is 18.7. The lowest BCUT2D eigenvalue weighted by molar-refractivity contribution is 0.0606. The van der Waals surface area contributed by atoms with E-state index in [4.69, 9.17) is 4.74 Å². The van der Waals surface area contributed by atoms with E-state index < -0.39 is 22.2 Å². The molecule has 2 aromatic carbocycles. The number of aliphatic hydroxyl groups is 1. The number of ether oxygens (including phenoxy) is 1. The maximum Gasteiger partial charge on any atom is 0.330 e. The van der Waals surface area contributed by atoms with Crippen molar-refractivity contribution in [3.05, 3.63) is 71.7 Å². The normalized spacial score (nSPS) is 16.5. The molecule has 0 radical (unpaired) electrons. The van der Waals surface area contributed by atoms with Gasteiger partial charge in [-0.25, -0.2) is 9.03 Å².